The van der Waals surface area contributed by atoms with Crippen molar-refractivity contribution in [1.29, 1.82) is 0 Å². The molecule has 3 heteroatoms. The molecule has 0 unspecified atom stereocenters. The van der Waals surface area contributed by atoms with Gasteiger partial charge in [-0.3, -0.25) is 4.79 Å². The van der Waals surface area contributed by atoms with Crippen LogP contribution < -0.4 is 0 Å². The number of nitrogens with zero attached hydrogens (tertiary/aromatic N) is 2. The highest BCUT2D eigenvalue weighted by Crippen LogP contribution is 1.95. The van der Waals surface area contributed by atoms with Crippen molar-refractivity contribution in [3.8, 4) is 0 Å². The molecule has 0 aromatic carbocycles. The molecule has 0 aromatic rings. The minimum absolute atomic E-state index is 0.288. The van der Waals surface area contributed by atoms with Crippen molar-refractivity contribution in [3.05, 3.63) is 0 Å². The third-order valence-electron chi connectivity index (χ3n) is 2.31. The van der Waals surface area contributed by atoms with E-state index in [1.165, 1.54) is 6.42 Å². The molecule has 3 nitrogen and oxygen atoms in total. The molecule has 0 aliphatic carbocycles. The van der Waals surface area contributed by atoms with Crippen molar-refractivity contribution < 1.29 is 4.79 Å². The minimum Gasteiger partial charge on any atom is -0.309 e. The van der Waals surface area contributed by atoms with Crippen LogP contribution in [0.5, 0.6) is 0 Å². The highest BCUT2D eigenvalue weighted by atomic mass is 16.1. The van der Waals surface area contributed by atoms with Gasteiger partial charge < -0.3 is 9.80 Å². The lowest BCUT2D eigenvalue weighted by Gasteiger charge is -2.20. The first-order valence-corrected chi connectivity index (χ1v) is 5.42. The van der Waals surface area contributed by atoms with E-state index in [1.54, 1.807) is 6.92 Å². The second kappa shape index (κ2) is 7.94. The molecule has 0 heterocycles. The maximum absolute atomic E-state index is 10.8. The molecule has 0 aromatic heterocycles. The zero-order valence-corrected chi connectivity index (χ0v) is 10.0. The summed E-state index contributed by atoms with van der Waals surface area (Å²) in [5, 5.41) is 0. The van der Waals surface area contributed by atoms with Crippen molar-refractivity contribution in [2.24, 2.45) is 0 Å². The lowest BCUT2D eigenvalue weighted by atomic mass is 10.2. The van der Waals surface area contributed by atoms with E-state index in [-0.39, 0.29) is 5.78 Å². The van der Waals surface area contributed by atoms with Crippen LogP contribution in [0.15, 0.2) is 0 Å². The zero-order valence-electron chi connectivity index (χ0n) is 10.0. The van der Waals surface area contributed by atoms with Gasteiger partial charge in [0.05, 0.1) is 0 Å². The van der Waals surface area contributed by atoms with Gasteiger partial charge in [-0.05, 0) is 47.1 Å². The van der Waals surface area contributed by atoms with E-state index in [9.17, 15) is 4.79 Å². The summed E-state index contributed by atoms with van der Waals surface area (Å²) in [6.07, 6.45) is 1.87. The summed E-state index contributed by atoms with van der Waals surface area (Å²) in [6, 6.07) is 0. The van der Waals surface area contributed by atoms with Crippen molar-refractivity contribution in [2.75, 3.05) is 40.3 Å². The second-order valence-electron chi connectivity index (χ2n) is 4.04. The summed E-state index contributed by atoms with van der Waals surface area (Å²) >= 11 is 0. The number of carbonyl (C=O) groups is 1. The van der Waals surface area contributed by atoms with Gasteiger partial charge >= 0.3 is 0 Å². The van der Waals surface area contributed by atoms with Crippen LogP contribution >= 0.6 is 0 Å². The Balaban J connectivity index is 3.52. The molecule has 0 atom stereocenters. The molecular formula is C11H24N2O. The smallest absolute Gasteiger partial charge is 0.131 e. The molecule has 0 radical (unpaired) electrons. The zero-order chi connectivity index (χ0) is 11.0. The maximum atomic E-state index is 10.8. The normalized spacial score (nSPS) is 11.3. The van der Waals surface area contributed by atoms with E-state index in [2.05, 4.69) is 30.8 Å². The number of hydrogen-bond donors (Lipinski definition) is 0. The number of rotatable bonds is 8. The lowest BCUT2D eigenvalue weighted by Crippen LogP contribution is -2.29. The van der Waals surface area contributed by atoms with Crippen LogP contribution in [0.25, 0.3) is 0 Å². The first-order chi connectivity index (χ1) is 6.56. The molecule has 0 aliphatic heterocycles. The van der Waals surface area contributed by atoms with Gasteiger partial charge in [0.2, 0.25) is 0 Å². The Bertz CT molecular complexity index is 157. The molecule has 0 fully saturated rings. The number of ketones is 1. The van der Waals surface area contributed by atoms with Crippen LogP contribution in [0.3, 0.4) is 0 Å². The Morgan fingerprint density at radius 3 is 2.21 bits per heavy atom. The first kappa shape index (κ1) is 13.6. The quantitative estimate of drug-likeness (QED) is 0.589. The molecular weight excluding hydrogens is 176 g/mol. The summed E-state index contributed by atoms with van der Waals surface area (Å²) in [5.41, 5.74) is 0. The first-order valence-electron chi connectivity index (χ1n) is 5.42. The molecule has 0 saturated heterocycles. The third-order valence-corrected chi connectivity index (χ3v) is 2.31. The van der Waals surface area contributed by atoms with Gasteiger partial charge in [-0.1, -0.05) is 6.92 Å². The molecule has 14 heavy (non-hydrogen) atoms. The van der Waals surface area contributed by atoms with Gasteiger partial charge in [0.1, 0.15) is 5.78 Å². The highest BCUT2D eigenvalue weighted by molar-refractivity contribution is 5.75. The van der Waals surface area contributed by atoms with E-state index >= 15 is 0 Å². The predicted octanol–water partition coefficient (Wildman–Crippen LogP) is 1.24. The highest BCUT2D eigenvalue weighted by Gasteiger charge is 2.03. The lowest BCUT2D eigenvalue weighted by molar-refractivity contribution is -0.117. The fourth-order valence-electron chi connectivity index (χ4n) is 1.35. The summed E-state index contributed by atoms with van der Waals surface area (Å²) < 4.78 is 0. The molecule has 0 saturated carbocycles. The number of carbonyl (C=O) groups excluding carboxylic acids is 1. The fraction of sp³-hybridized carbons (Fsp3) is 0.909. The molecule has 0 spiro atoms. The summed E-state index contributed by atoms with van der Waals surface area (Å²) in [4.78, 5) is 15.3. The number of Topliss-reactive ketones (excluding diaryl/α,β-unsaturated/α-hetero) is 1. The monoisotopic (exact) mass is 200 g/mol. The van der Waals surface area contributed by atoms with E-state index in [0.29, 0.717) is 6.42 Å². The summed E-state index contributed by atoms with van der Waals surface area (Å²) in [6.45, 7) is 7.99. The van der Waals surface area contributed by atoms with Crippen LogP contribution in [0.2, 0.25) is 0 Å². The van der Waals surface area contributed by atoms with E-state index < -0.39 is 0 Å². The predicted molar refractivity (Wildman–Crippen MR) is 60.6 cm³/mol. The standard InChI is InChI=1S/C11H24N2O/c1-5-13(10-7-11(2)14)9-6-8-12(3)4/h5-10H2,1-4H3. The molecule has 84 valence electrons. The summed E-state index contributed by atoms with van der Waals surface area (Å²) in [5.74, 6) is 0.288. The van der Waals surface area contributed by atoms with Crippen molar-refractivity contribution in [1.82, 2.24) is 9.80 Å². The molecule has 0 bridgehead atoms. The SMILES string of the molecule is CCN(CCCN(C)C)CCC(C)=O. The van der Waals surface area contributed by atoms with Gasteiger partial charge in [0, 0.05) is 13.0 Å². The van der Waals surface area contributed by atoms with Crippen molar-refractivity contribution in [3.63, 3.8) is 0 Å². The van der Waals surface area contributed by atoms with Crippen LogP contribution in [0.1, 0.15) is 26.7 Å². The fourth-order valence-corrected chi connectivity index (χ4v) is 1.35. The van der Waals surface area contributed by atoms with Crippen LogP contribution in [-0.4, -0.2) is 55.9 Å². The molecule has 0 rings (SSSR count). The van der Waals surface area contributed by atoms with E-state index in [4.69, 9.17) is 0 Å². The molecule has 0 aliphatic rings. The maximum Gasteiger partial charge on any atom is 0.131 e. The van der Waals surface area contributed by atoms with Crippen LogP contribution in [-0.2, 0) is 4.79 Å². The molecule has 0 N–H and O–H groups in total. The third kappa shape index (κ3) is 8.20. The Morgan fingerprint density at radius 2 is 1.79 bits per heavy atom. The van der Waals surface area contributed by atoms with E-state index in [0.717, 1.165) is 26.2 Å². The number of hydrogen-bond acceptors (Lipinski definition) is 3. The Kier molecular flexibility index (Phi) is 7.71. The van der Waals surface area contributed by atoms with Crippen LogP contribution in [0.4, 0.5) is 0 Å². The second-order valence-corrected chi connectivity index (χ2v) is 4.04. The largest absolute Gasteiger partial charge is 0.309 e. The van der Waals surface area contributed by atoms with Gasteiger partial charge in [-0.25, -0.2) is 0 Å². The average Bonchev–Trinajstić information content (AvgIpc) is 2.10. The topological polar surface area (TPSA) is 23.6 Å². The molecule has 0 amide bonds. The van der Waals surface area contributed by atoms with Gasteiger partial charge in [0.25, 0.3) is 0 Å². The van der Waals surface area contributed by atoms with Gasteiger partial charge in [0.15, 0.2) is 0 Å². The summed E-state index contributed by atoms with van der Waals surface area (Å²) in [7, 11) is 4.18. The Morgan fingerprint density at radius 1 is 1.14 bits per heavy atom. The van der Waals surface area contributed by atoms with Crippen molar-refractivity contribution >= 4 is 5.78 Å². The Hall–Kier alpha value is -0.410. The van der Waals surface area contributed by atoms with E-state index in [1.807, 2.05) is 0 Å². The van der Waals surface area contributed by atoms with Crippen molar-refractivity contribution in [2.45, 2.75) is 26.7 Å². The van der Waals surface area contributed by atoms with Gasteiger partial charge in [-0.2, -0.15) is 0 Å². The van der Waals surface area contributed by atoms with Gasteiger partial charge in [-0.15, -0.1) is 0 Å². The average molecular weight is 200 g/mol. The minimum atomic E-state index is 0.288. The van der Waals surface area contributed by atoms with Crippen LogP contribution in [0, 0.1) is 0 Å². The Labute approximate surface area is 88.1 Å².